The summed E-state index contributed by atoms with van der Waals surface area (Å²) in [6.07, 6.45) is 2.97. The summed E-state index contributed by atoms with van der Waals surface area (Å²) in [4.78, 5) is 12.2. The molecule has 2 aromatic rings. The highest BCUT2D eigenvalue weighted by Gasteiger charge is 2.20. The third kappa shape index (κ3) is 2.13. The standard InChI is InChI=1S/C14H15NOS/c16-13(8-10-4-3-7-15-10)12-9-17-14-6-2-1-5-11(12)14/h1-2,5-6,9-10,15H,3-4,7-8H2. The van der Waals surface area contributed by atoms with Crippen molar-refractivity contribution in [1.82, 2.24) is 5.32 Å². The quantitative estimate of drug-likeness (QED) is 0.841. The molecule has 88 valence electrons. The number of nitrogens with one attached hydrogen (secondary N) is 1. The SMILES string of the molecule is O=C(CC1CCCN1)c1csc2ccccc12. The normalized spacial score (nSPS) is 19.9. The molecule has 2 heterocycles. The number of Topliss-reactive ketones (excluding diaryl/α,β-unsaturated/α-hetero) is 1. The van der Waals surface area contributed by atoms with Gasteiger partial charge < -0.3 is 5.32 Å². The van der Waals surface area contributed by atoms with E-state index < -0.39 is 0 Å². The smallest absolute Gasteiger partial charge is 0.165 e. The van der Waals surface area contributed by atoms with Gasteiger partial charge in [-0.2, -0.15) is 0 Å². The molecule has 0 aliphatic carbocycles. The van der Waals surface area contributed by atoms with E-state index in [1.807, 2.05) is 23.6 Å². The van der Waals surface area contributed by atoms with Gasteiger partial charge in [0, 0.05) is 33.5 Å². The monoisotopic (exact) mass is 245 g/mol. The van der Waals surface area contributed by atoms with Gasteiger partial charge in [0.2, 0.25) is 0 Å². The number of carbonyl (C=O) groups excluding carboxylic acids is 1. The van der Waals surface area contributed by atoms with Crippen LogP contribution in [0.5, 0.6) is 0 Å². The fraction of sp³-hybridized carbons (Fsp3) is 0.357. The second kappa shape index (κ2) is 4.59. The summed E-state index contributed by atoms with van der Waals surface area (Å²) in [5.74, 6) is 0.279. The van der Waals surface area contributed by atoms with Gasteiger partial charge in [0.1, 0.15) is 0 Å². The van der Waals surface area contributed by atoms with Crippen LogP contribution in [0.1, 0.15) is 29.6 Å². The first-order chi connectivity index (χ1) is 8.34. The summed E-state index contributed by atoms with van der Waals surface area (Å²) >= 11 is 1.66. The number of hydrogen-bond donors (Lipinski definition) is 1. The Bertz CT molecular complexity index is 540. The molecule has 1 aliphatic rings. The Morgan fingerprint density at radius 2 is 2.29 bits per heavy atom. The van der Waals surface area contributed by atoms with Crippen molar-refractivity contribution in [3.05, 3.63) is 35.2 Å². The predicted octanol–water partition coefficient (Wildman–Crippen LogP) is 3.23. The molecule has 1 aromatic carbocycles. The van der Waals surface area contributed by atoms with E-state index in [1.165, 1.54) is 11.1 Å². The Morgan fingerprint density at radius 1 is 1.41 bits per heavy atom. The van der Waals surface area contributed by atoms with Crippen LogP contribution in [0.15, 0.2) is 29.6 Å². The number of carbonyl (C=O) groups is 1. The third-order valence-corrected chi connectivity index (χ3v) is 4.34. The van der Waals surface area contributed by atoms with Crippen molar-refractivity contribution >= 4 is 27.2 Å². The molecule has 2 nitrogen and oxygen atoms in total. The van der Waals surface area contributed by atoms with Crippen molar-refractivity contribution < 1.29 is 4.79 Å². The van der Waals surface area contributed by atoms with Crippen molar-refractivity contribution in [2.24, 2.45) is 0 Å². The molecule has 17 heavy (non-hydrogen) atoms. The molecule has 3 heteroatoms. The molecule has 0 bridgehead atoms. The Kier molecular flexibility index (Phi) is 2.95. The number of fused-ring (bicyclic) bond motifs is 1. The van der Waals surface area contributed by atoms with Gasteiger partial charge >= 0.3 is 0 Å². The molecule has 1 unspecified atom stereocenters. The number of rotatable bonds is 3. The fourth-order valence-corrected chi connectivity index (χ4v) is 3.42. The van der Waals surface area contributed by atoms with Crippen molar-refractivity contribution in [3.63, 3.8) is 0 Å². The average molecular weight is 245 g/mol. The van der Waals surface area contributed by atoms with Crippen LogP contribution in [-0.4, -0.2) is 18.4 Å². The largest absolute Gasteiger partial charge is 0.314 e. The van der Waals surface area contributed by atoms with Gasteiger partial charge in [0.05, 0.1) is 0 Å². The highest BCUT2D eigenvalue weighted by Crippen LogP contribution is 2.27. The lowest BCUT2D eigenvalue weighted by Crippen LogP contribution is -2.24. The van der Waals surface area contributed by atoms with E-state index in [0.29, 0.717) is 12.5 Å². The topological polar surface area (TPSA) is 29.1 Å². The Balaban J connectivity index is 1.85. The van der Waals surface area contributed by atoms with Crippen LogP contribution in [0.4, 0.5) is 0 Å². The Labute approximate surface area is 105 Å². The average Bonchev–Trinajstić information content (AvgIpc) is 2.96. The molecule has 0 radical (unpaired) electrons. The minimum atomic E-state index is 0.279. The summed E-state index contributed by atoms with van der Waals surface area (Å²) in [6.45, 7) is 1.06. The summed E-state index contributed by atoms with van der Waals surface area (Å²) in [6, 6.07) is 8.53. The molecule has 0 amide bonds. The van der Waals surface area contributed by atoms with Gasteiger partial charge in [-0.3, -0.25) is 4.79 Å². The van der Waals surface area contributed by atoms with Crippen molar-refractivity contribution in [1.29, 1.82) is 0 Å². The first-order valence-electron chi connectivity index (χ1n) is 6.07. The van der Waals surface area contributed by atoms with Gasteiger partial charge in [-0.15, -0.1) is 11.3 Å². The van der Waals surface area contributed by atoms with Crippen LogP contribution >= 0.6 is 11.3 Å². The fourth-order valence-electron chi connectivity index (χ4n) is 2.46. The molecular weight excluding hydrogens is 230 g/mol. The van der Waals surface area contributed by atoms with Crippen LogP contribution in [0.25, 0.3) is 10.1 Å². The van der Waals surface area contributed by atoms with E-state index in [2.05, 4.69) is 11.4 Å². The summed E-state index contributed by atoms with van der Waals surface area (Å²) in [5, 5.41) is 6.49. The summed E-state index contributed by atoms with van der Waals surface area (Å²) in [7, 11) is 0. The third-order valence-electron chi connectivity index (χ3n) is 3.38. The highest BCUT2D eigenvalue weighted by molar-refractivity contribution is 7.17. The van der Waals surface area contributed by atoms with Gasteiger partial charge in [-0.25, -0.2) is 0 Å². The molecule has 0 spiro atoms. The van der Waals surface area contributed by atoms with Crippen LogP contribution in [0.3, 0.4) is 0 Å². The lowest BCUT2D eigenvalue weighted by atomic mass is 10.0. The molecule has 1 aliphatic heterocycles. The highest BCUT2D eigenvalue weighted by atomic mass is 32.1. The minimum absolute atomic E-state index is 0.279. The molecule has 1 atom stereocenters. The molecule has 1 saturated heterocycles. The zero-order chi connectivity index (χ0) is 11.7. The Hall–Kier alpha value is -1.19. The van der Waals surface area contributed by atoms with E-state index in [0.717, 1.165) is 23.9 Å². The minimum Gasteiger partial charge on any atom is -0.314 e. The van der Waals surface area contributed by atoms with E-state index >= 15 is 0 Å². The van der Waals surface area contributed by atoms with Crippen LogP contribution in [-0.2, 0) is 0 Å². The zero-order valence-corrected chi connectivity index (χ0v) is 10.4. The van der Waals surface area contributed by atoms with Gasteiger partial charge in [-0.1, -0.05) is 18.2 Å². The molecular formula is C14H15NOS. The maximum Gasteiger partial charge on any atom is 0.165 e. The first-order valence-corrected chi connectivity index (χ1v) is 6.95. The van der Waals surface area contributed by atoms with E-state index in [4.69, 9.17) is 0 Å². The Morgan fingerprint density at radius 3 is 3.12 bits per heavy atom. The molecule has 1 N–H and O–H groups in total. The van der Waals surface area contributed by atoms with Gasteiger partial charge in [-0.05, 0) is 25.5 Å². The van der Waals surface area contributed by atoms with Crippen molar-refractivity contribution in [2.75, 3.05) is 6.54 Å². The number of hydrogen-bond acceptors (Lipinski definition) is 3. The first kappa shape index (κ1) is 10.9. The lowest BCUT2D eigenvalue weighted by molar-refractivity contribution is 0.0973. The second-order valence-corrected chi connectivity index (χ2v) is 5.48. The van der Waals surface area contributed by atoms with Gasteiger partial charge in [0.15, 0.2) is 5.78 Å². The second-order valence-electron chi connectivity index (χ2n) is 4.57. The van der Waals surface area contributed by atoms with E-state index in [9.17, 15) is 4.79 Å². The maximum atomic E-state index is 12.2. The molecule has 1 fully saturated rings. The van der Waals surface area contributed by atoms with Crippen molar-refractivity contribution in [3.8, 4) is 0 Å². The van der Waals surface area contributed by atoms with Crippen LogP contribution in [0.2, 0.25) is 0 Å². The number of thiophene rings is 1. The van der Waals surface area contributed by atoms with Crippen LogP contribution < -0.4 is 5.32 Å². The molecule has 1 aromatic heterocycles. The summed E-state index contributed by atoms with van der Waals surface area (Å²) < 4.78 is 1.20. The van der Waals surface area contributed by atoms with E-state index in [-0.39, 0.29) is 5.78 Å². The number of ketones is 1. The molecule has 3 rings (SSSR count). The van der Waals surface area contributed by atoms with E-state index in [1.54, 1.807) is 11.3 Å². The van der Waals surface area contributed by atoms with Crippen molar-refractivity contribution in [2.45, 2.75) is 25.3 Å². The zero-order valence-electron chi connectivity index (χ0n) is 9.61. The predicted molar refractivity (Wildman–Crippen MR) is 71.8 cm³/mol. The van der Waals surface area contributed by atoms with Crippen LogP contribution in [0, 0.1) is 0 Å². The van der Waals surface area contributed by atoms with Gasteiger partial charge in [0.25, 0.3) is 0 Å². The molecule has 0 saturated carbocycles. The number of benzene rings is 1. The maximum absolute atomic E-state index is 12.2. The summed E-state index contributed by atoms with van der Waals surface area (Å²) in [5.41, 5.74) is 0.902. The lowest BCUT2D eigenvalue weighted by Gasteiger charge is -2.08.